The van der Waals surface area contributed by atoms with E-state index < -0.39 is 0 Å². The minimum absolute atomic E-state index is 0.561. The normalized spacial score (nSPS) is 11.9. The van der Waals surface area contributed by atoms with Crippen molar-refractivity contribution in [2.75, 3.05) is 0 Å². The van der Waals surface area contributed by atoms with Crippen molar-refractivity contribution in [3.63, 3.8) is 0 Å². The first-order valence-corrected chi connectivity index (χ1v) is 26.9. The standard InChI is InChI=1S/C67H39N7S2/c1-4-16-40(17-5-1)63-69-64(41-18-6-2-7-19-41)72-67(71-63)74-54-25-13-10-22-47(54)50-36-42(28-32-55(50)74)43-29-33-56-53(37-43)61-62(44-30-34-59-51(38-44)48-23-11-14-26-57(48)75-59)68-65(70-66(61)73(56)46-20-8-3-9-21-46)45-31-35-60-52(39-45)49-24-12-15-27-58(49)76-60/h1-39H. The molecule has 6 heterocycles. The second kappa shape index (κ2) is 16.9. The summed E-state index contributed by atoms with van der Waals surface area (Å²) >= 11 is 3.65. The Hall–Kier alpha value is -9.67. The average Bonchev–Trinajstić information content (AvgIpc) is 4.27. The molecule has 354 valence electrons. The first-order valence-electron chi connectivity index (χ1n) is 25.3. The van der Waals surface area contributed by atoms with Crippen LogP contribution in [0.2, 0.25) is 0 Å². The van der Waals surface area contributed by atoms with Crippen molar-refractivity contribution in [3.8, 4) is 68.2 Å². The largest absolute Gasteiger partial charge is 0.294 e. The molecule has 10 aromatic carbocycles. The van der Waals surface area contributed by atoms with E-state index in [2.05, 4.69) is 185 Å². The lowest BCUT2D eigenvalue weighted by molar-refractivity contribution is 0.953. The van der Waals surface area contributed by atoms with Crippen LogP contribution in [0, 0.1) is 0 Å². The quantitative estimate of drug-likeness (QED) is 0.159. The molecule has 0 radical (unpaired) electrons. The van der Waals surface area contributed by atoms with Gasteiger partial charge in [0.15, 0.2) is 17.5 Å². The number of hydrogen-bond acceptors (Lipinski definition) is 7. The molecule has 6 aromatic heterocycles. The summed E-state index contributed by atoms with van der Waals surface area (Å²) in [5.41, 5.74) is 11.9. The number of fused-ring (bicyclic) bond motifs is 12. The van der Waals surface area contributed by atoms with Crippen molar-refractivity contribution in [2.24, 2.45) is 0 Å². The van der Waals surface area contributed by atoms with Gasteiger partial charge in [0.05, 0.1) is 27.6 Å². The topological polar surface area (TPSA) is 74.3 Å². The second-order valence-corrected chi connectivity index (χ2v) is 21.4. The SMILES string of the molecule is c1ccc(-c2nc(-c3ccccc3)nc(-n3c4ccccc4c4cc(-c5ccc6c(c5)c5c(-c7ccc8sc9ccccc9c8c7)nc(-c7ccc8sc9ccccc9c8c7)nc5n6-c5ccccc5)ccc43)n2)cc1. The van der Waals surface area contributed by atoms with Gasteiger partial charge in [0.25, 0.3) is 0 Å². The zero-order valence-electron chi connectivity index (χ0n) is 40.5. The molecule has 0 aliphatic rings. The van der Waals surface area contributed by atoms with Crippen LogP contribution in [0.4, 0.5) is 0 Å². The van der Waals surface area contributed by atoms with Crippen LogP contribution in [0.15, 0.2) is 237 Å². The fourth-order valence-corrected chi connectivity index (χ4v) is 13.4. The van der Waals surface area contributed by atoms with Gasteiger partial charge in [0.1, 0.15) is 5.65 Å². The van der Waals surface area contributed by atoms with Crippen LogP contribution in [0.25, 0.3) is 152 Å². The van der Waals surface area contributed by atoms with E-state index in [1.165, 1.54) is 40.3 Å². The van der Waals surface area contributed by atoms with E-state index >= 15 is 0 Å². The maximum absolute atomic E-state index is 5.66. The molecule has 0 amide bonds. The smallest absolute Gasteiger partial charge is 0.238 e. The minimum Gasteiger partial charge on any atom is -0.294 e. The molecule has 0 aliphatic heterocycles. The molecule has 0 unspecified atom stereocenters. The van der Waals surface area contributed by atoms with Crippen LogP contribution in [0.5, 0.6) is 0 Å². The monoisotopic (exact) mass is 1010 g/mol. The van der Waals surface area contributed by atoms with Gasteiger partial charge in [0, 0.05) is 84.4 Å². The van der Waals surface area contributed by atoms with Gasteiger partial charge < -0.3 is 0 Å². The number of nitrogens with zero attached hydrogens (tertiary/aromatic N) is 7. The number of rotatable bonds is 7. The first-order chi connectivity index (χ1) is 37.6. The molecular formula is C67H39N7S2. The summed E-state index contributed by atoms with van der Waals surface area (Å²) in [7, 11) is 0. The summed E-state index contributed by atoms with van der Waals surface area (Å²) in [6.07, 6.45) is 0. The molecule has 0 N–H and O–H groups in total. The Morgan fingerprint density at radius 2 is 0.737 bits per heavy atom. The van der Waals surface area contributed by atoms with Crippen molar-refractivity contribution >= 4 is 107 Å². The molecule has 76 heavy (non-hydrogen) atoms. The predicted octanol–water partition coefficient (Wildman–Crippen LogP) is 17.9. The van der Waals surface area contributed by atoms with Crippen molar-refractivity contribution < 1.29 is 0 Å². The molecule has 0 saturated carbocycles. The van der Waals surface area contributed by atoms with Gasteiger partial charge in [0.2, 0.25) is 5.95 Å². The number of hydrogen-bond donors (Lipinski definition) is 0. The number of thiophene rings is 2. The summed E-state index contributed by atoms with van der Waals surface area (Å²) < 4.78 is 9.53. The Labute approximate surface area is 443 Å². The Balaban J connectivity index is 0.931. The third-order valence-corrected chi connectivity index (χ3v) is 17.1. The molecular weight excluding hydrogens is 967 g/mol. The molecule has 0 saturated heterocycles. The van der Waals surface area contributed by atoms with Crippen LogP contribution in [0.3, 0.4) is 0 Å². The third-order valence-electron chi connectivity index (χ3n) is 14.8. The van der Waals surface area contributed by atoms with Gasteiger partial charge >= 0.3 is 0 Å². The van der Waals surface area contributed by atoms with Crippen molar-refractivity contribution in [2.45, 2.75) is 0 Å². The molecule has 0 bridgehead atoms. The minimum atomic E-state index is 0.561. The van der Waals surface area contributed by atoms with Crippen LogP contribution in [-0.4, -0.2) is 34.1 Å². The summed E-state index contributed by atoms with van der Waals surface area (Å²) in [6, 6.07) is 83.9. The lowest BCUT2D eigenvalue weighted by atomic mass is 9.99. The average molecular weight is 1010 g/mol. The number of benzene rings is 10. The zero-order valence-corrected chi connectivity index (χ0v) is 42.1. The molecule has 0 spiro atoms. The van der Waals surface area contributed by atoms with Gasteiger partial charge in [-0.1, -0.05) is 152 Å². The molecule has 7 nitrogen and oxygen atoms in total. The van der Waals surface area contributed by atoms with Crippen LogP contribution in [0.1, 0.15) is 0 Å². The van der Waals surface area contributed by atoms with Crippen LogP contribution in [-0.2, 0) is 0 Å². The van der Waals surface area contributed by atoms with Gasteiger partial charge in [-0.05, 0) is 96.1 Å². The zero-order chi connectivity index (χ0) is 49.8. The first kappa shape index (κ1) is 42.8. The Kier molecular flexibility index (Phi) is 9.54. The lowest BCUT2D eigenvalue weighted by Gasteiger charge is -2.11. The van der Waals surface area contributed by atoms with Crippen LogP contribution < -0.4 is 0 Å². The van der Waals surface area contributed by atoms with E-state index in [4.69, 9.17) is 24.9 Å². The summed E-state index contributed by atoms with van der Waals surface area (Å²) in [5.74, 6) is 2.48. The van der Waals surface area contributed by atoms with E-state index in [1.807, 2.05) is 83.3 Å². The van der Waals surface area contributed by atoms with E-state index in [1.54, 1.807) is 0 Å². The van der Waals surface area contributed by atoms with Gasteiger partial charge in [-0.25, -0.2) is 15.0 Å². The molecule has 0 aliphatic carbocycles. The van der Waals surface area contributed by atoms with E-state index in [-0.39, 0.29) is 0 Å². The Bertz CT molecular complexity index is 4940. The van der Waals surface area contributed by atoms with Crippen LogP contribution >= 0.6 is 22.7 Å². The molecule has 0 fully saturated rings. The van der Waals surface area contributed by atoms with Gasteiger partial charge in [-0.15, -0.1) is 22.7 Å². The number of para-hydroxylation sites is 2. The second-order valence-electron chi connectivity index (χ2n) is 19.2. The fraction of sp³-hybridized carbons (Fsp3) is 0. The number of aromatic nitrogens is 7. The van der Waals surface area contributed by atoms with E-state index in [0.29, 0.717) is 23.4 Å². The van der Waals surface area contributed by atoms with Gasteiger partial charge in [-0.2, -0.15) is 9.97 Å². The maximum atomic E-state index is 5.66. The molecule has 0 atom stereocenters. The molecule has 16 rings (SSSR count). The van der Waals surface area contributed by atoms with Crippen molar-refractivity contribution in [1.29, 1.82) is 0 Å². The highest BCUT2D eigenvalue weighted by Crippen LogP contribution is 2.44. The van der Waals surface area contributed by atoms with E-state index in [9.17, 15) is 0 Å². The fourth-order valence-electron chi connectivity index (χ4n) is 11.3. The molecule has 16 aromatic rings. The highest BCUT2D eigenvalue weighted by Gasteiger charge is 2.24. The van der Waals surface area contributed by atoms with Crippen molar-refractivity contribution in [3.05, 3.63) is 237 Å². The summed E-state index contributed by atoms with van der Waals surface area (Å²) in [4.78, 5) is 26.6. The lowest BCUT2D eigenvalue weighted by Crippen LogP contribution is -2.06. The highest BCUT2D eigenvalue weighted by molar-refractivity contribution is 7.26. The molecule has 9 heteroatoms. The Morgan fingerprint density at radius 3 is 1.38 bits per heavy atom. The summed E-state index contributed by atoms with van der Waals surface area (Å²) in [5, 5.41) is 9.21. The Morgan fingerprint density at radius 1 is 0.276 bits per heavy atom. The van der Waals surface area contributed by atoms with E-state index in [0.717, 1.165) is 88.5 Å². The highest BCUT2D eigenvalue weighted by atomic mass is 32.1. The van der Waals surface area contributed by atoms with Crippen molar-refractivity contribution in [1.82, 2.24) is 34.1 Å². The predicted molar refractivity (Wildman–Crippen MR) is 317 cm³/mol. The third kappa shape index (κ3) is 6.76. The van der Waals surface area contributed by atoms with Gasteiger partial charge in [-0.3, -0.25) is 9.13 Å². The summed E-state index contributed by atoms with van der Waals surface area (Å²) in [6.45, 7) is 0. The maximum Gasteiger partial charge on any atom is 0.238 e.